The minimum absolute atomic E-state index is 0.0146. The standard InChI is InChI=1S/C54H76N14O17/c1-4-56-54(83)50-64-63-49(37-29-36(33(2)3)41(69)30-42(37)70)68(50)35-10-8-34(9-11-35)31-66-22-24-67(25-23-66)45(73)18-20-58-51(80)38(12-15-46(74)75)61-53(82)40(14-17-48(78)79)62-52(81)39(13-16-47(76)77)60-44(72)32-85-28-27-84-26-21-57-43(71)7-5-6-19-59-65-55/h8-11,29-30,33,38-40,69-70H,4-7,12-28,31-32H2,1-3H3,(H,56,83)(H,57,71)(H,58,80)(H,60,72)(H,61,82)(H,62,81)(H,74,75)(H,76,77)(H,78,79)/t38-,39-,40-/m1/s1. The van der Waals surface area contributed by atoms with Gasteiger partial charge in [-0.25, -0.2) is 0 Å². The van der Waals surface area contributed by atoms with Crippen molar-refractivity contribution in [2.45, 2.75) is 116 Å². The highest BCUT2D eigenvalue weighted by Gasteiger charge is 2.32. The number of aromatic hydroxyl groups is 2. The van der Waals surface area contributed by atoms with Gasteiger partial charge in [-0.2, -0.15) is 0 Å². The van der Waals surface area contributed by atoms with Crippen molar-refractivity contribution in [2.24, 2.45) is 5.11 Å². The fraction of sp³-hybridized carbons (Fsp3) is 0.556. The van der Waals surface area contributed by atoms with Crippen LogP contribution in [0, 0.1) is 0 Å². The van der Waals surface area contributed by atoms with Crippen molar-refractivity contribution in [3.63, 3.8) is 0 Å². The first kappa shape index (κ1) is 68.6. The minimum Gasteiger partial charge on any atom is -0.508 e. The van der Waals surface area contributed by atoms with Crippen LogP contribution in [0.1, 0.15) is 113 Å². The molecule has 7 amide bonds. The number of hydrogen-bond donors (Lipinski definition) is 11. The molecule has 1 fully saturated rings. The molecule has 0 spiro atoms. The van der Waals surface area contributed by atoms with E-state index in [-0.39, 0.29) is 92.2 Å². The fourth-order valence-electron chi connectivity index (χ4n) is 8.70. The molecule has 2 aromatic carbocycles. The molecule has 0 unspecified atom stereocenters. The number of nitrogens with zero attached hydrogens (tertiary/aromatic N) is 8. The zero-order chi connectivity index (χ0) is 62.4. The molecular weight excluding hydrogens is 1120 g/mol. The molecule has 85 heavy (non-hydrogen) atoms. The van der Waals surface area contributed by atoms with E-state index in [1.807, 2.05) is 26.0 Å². The molecule has 3 atom stereocenters. The predicted molar refractivity (Wildman–Crippen MR) is 301 cm³/mol. The topological polar surface area (TPSA) is 448 Å². The van der Waals surface area contributed by atoms with Crippen molar-refractivity contribution in [1.82, 2.24) is 56.5 Å². The molecule has 31 heteroatoms. The van der Waals surface area contributed by atoms with Crippen LogP contribution in [0.4, 0.5) is 0 Å². The van der Waals surface area contributed by atoms with E-state index in [0.29, 0.717) is 69.9 Å². The molecule has 1 aromatic heterocycles. The van der Waals surface area contributed by atoms with Gasteiger partial charge in [0.15, 0.2) is 5.82 Å². The molecule has 0 bridgehead atoms. The van der Waals surface area contributed by atoms with Crippen molar-refractivity contribution in [2.75, 3.05) is 78.8 Å². The number of phenolic OH excluding ortho intramolecular Hbond substituents is 2. The Balaban J connectivity index is 1.29. The van der Waals surface area contributed by atoms with E-state index in [4.69, 9.17) is 15.0 Å². The maximum Gasteiger partial charge on any atom is 0.303 e. The van der Waals surface area contributed by atoms with Crippen LogP contribution in [-0.2, 0) is 59.2 Å². The number of carboxylic acids is 3. The van der Waals surface area contributed by atoms with Gasteiger partial charge in [-0.1, -0.05) is 31.1 Å². The van der Waals surface area contributed by atoms with Gasteiger partial charge in [-0.05, 0) is 79.8 Å². The van der Waals surface area contributed by atoms with E-state index in [1.54, 1.807) is 30.0 Å². The van der Waals surface area contributed by atoms with Crippen LogP contribution in [0.2, 0.25) is 0 Å². The van der Waals surface area contributed by atoms with Gasteiger partial charge >= 0.3 is 17.9 Å². The van der Waals surface area contributed by atoms with Crippen molar-refractivity contribution in [3.05, 3.63) is 63.8 Å². The van der Waals surface area contributed by atoms with Gasteiger partial charge in [0.1, 0.15) is 36.2 Å². The van der Waals surface area contributed by atoms with E-state index in [0.717, 1.165) is 5.56 Å². The molecule has 3 aromatic rings. The summed E-state index contributed by atoms with van der Waals surface area (Å²) >= 11 is 0. The first-order valence-corrected chi connectivity index (χ1v) is 27.8. The number of aromatic nitrogens is 3. The van der Waals surface area contributed by atoms with Gasteiger partial charge in [-0.15, -0.1) is 10.2 Å². The molecule has 2 heterocycles. The highest BCUT2D eigenvalue weighted by atomic mass is 16.5. The highest BCUT2D eigenvalue weighted by Crippen LogP contribution is 2.38. The van der Waals surface area contributed by atoms with Crippen LogP contribution in [0.3, 0.4) is 0 Å². The van der Waals surface area contributed by atoms with Crippen molar-refractivity contribution in [3.8, 4) is 28.6 Å². The third-order valence-electron chi connectivity index (χ3n) is 13.2. The summed E-state index contributed by atoms with van der Waals surface area (Å²) in [6.07, 6.45) is -2.17. The van der Waals surface area contributed by atoms with Crippen molar-refractivity contribution >= 4 is 59.3 Å². The summed E-state index contributed by atoms with van der Waals surface area (Å²) < 4.78 is 12.2. The molecule has 1 aliphatic rings. The van der Waals surface area contributed by atoms with Crippen LogP contribution in [0.5, 0.6) is 11.5 Å². The number of carbonyl (C=O) groups is 10. The summed E-state index contributed by atoms with van der Waals surface area (Å²) in [5.41, 5.74) is 10.6. The lowest BCUT2D eigenvalue weighted by molar-refractivity contribution is -0.140. The normalized spacial score (nSPS) is 13.3. The number of carbonyl (C=O) groups excluding carboxylic acids is 7. The number of carboxylic acid groups (broad SMARTS) is 3. The zero-order valence-corrected chi connectivity index (χ0v) is 47.7. The molecule has 0 saturated carbocycles. The third-order valence-corrected chi connectivity index (χ3v) is 13.2. The monoisotopic (exact) mass is 1190 g/mol. The lowest BCUT2D eigenvalue weighted by Crippen LogP contribution is -2.57. The maximum atomic E-state index is 13.7. The van der Waals surface area contributed by atoms with Gasteiger partial charge in [0.25, 0.3) is 5.91 Å². The molecule has 4 rings (SSSR count). The van der Waals surface area contributed by atoms with Crippen LogP contribution in [-0.4, -0.2) is 206 Å². The Kier molecular flexibility index (Phi) is 29.0. The third kappa shape index (κ3) is 23.7. The predicted octanol–water partition coefficient (Wildman–Crippen LogP) is 1.05. The number of amides is 7. The molecule has 1 saturated heterocycles. The van der Waals surface area contributed by atoms with E-state index in [1.165, 1.54) is 10.6 Å². The van der Waals surface area contributed by atoms with Crippen LogP contribution in [0.15, 0.2) is 41.5 Å². The number of unbranched alkanes of at least 4 members (excludes halogenated alkanes) is 1. The van der Waals surface area contributed by atoms with Gasteiger partial charge < -0.3 is 71.8 Å². The SMILES string of the molecule is CCNC(=O)c1nnc(-c2cc(C(C)C)c(O)cc2O)n1-c1ccc(CN2CCN(C(=O)CCNC(=O)[C@@H](CCC(=O)O)NC(=O)[C@@H](CCC(=O)O)NC(=O)[C@@H](CCC(=O)O)NC(=O)COCCOCCNC(=O)CCCCN=[N+]=[N-])CC2)cc1. The number of ether oxygens (including phenoxy) is 2. The van der Waals surface area contributed by atoms with Gasteiger partial charge in [0.05, 0.1) is 25.4 Å². The molecular formula is C54H76N14O17. The van der Waals surface area contributed by atoms with Gasteiger partial charge in [-0.3, -0.25) is 57.4 Å². The second kappa shape index (κ2) is 35.9. The second-order valence-corrected chi connectivity index (χ2v) is 20.0. The first-order chi connectivity index (χ1) is 40.6. The van der Waals surface area contributed by atoms with E-state index < -0.39 is 111 Å². The Morgan fingerprint density at radius 2 is 1.27 bits per heavy atom. The summed E-state index contributed by atoms with van der Waals surface area (Å²) in [6.45, 7) is 7.78. The second-order valence-electron chi connectivity index (χ2n) is 20.0. The molecule has 11 N–H and O–H groups in total. The molecule has 1 aliphatic heterocycles. The zero-order valence-electron chi connectivity index (χ0n) is 47.7. The van der Waals surface area contributed by atoms with Crippen molar-refractivity contribution < 1.29 is 83.0 Å². The first-order valence-electron chi connectivity index (χ1n) is 27.8. The summed E-state index contributed by atoms with van der Waals surface area (Å²) in [7, 11) is 0. The number of nitrogens with one attached hydrogen (secondary N) is 6. The average Bonchev–Trinajstić information content (AvgIpc) is 2.85. The summed E-state index contributed by atoms with van der Waals surface area (Å²) in [5.74, 6) is -9.19. The number of phenols is 2. The molecule has 0 aliphatic carbocycles. The number of azide groups is 1. The summed E-state index contributed by atoms with van der Waals surface area (Å²) in [6, 6.07) is 5.38. The van der Waals surface area contributed by atoms with E-state index in [9.17, 15) is 73.5 Å². The quantitative estimate of drug-likeness (QED) is 0.0165. The largest absolute Gasteiger partial charge is 0.508 e. The van der Waals surface area contributed by atoms with Gasteiger partial charge in [0, 0.05) is 108 Å². The Labute approximate surface area is 489 Å². The molecule has 0 radical (unpaired) electrons. The Hall–Kier alpha value is -8.93. The summed E-state index contributed by atoms with van der Waals surface area (Å²) in [5, 5.41) is 76.3. The van der Waals surface area contributed by atoms with E-state index >= 15 is 0 Å². The fourth-order valence-corrected chi connectivity index (χ4v) is 8.70. The minimum atomic E-state index is -1.68. The number of rotatable bonds is 38. The lowest BCUT2D eigenvalue weighted by Gasteiger charge is -2.35. The van der Waals surface area contributed by atoms with Crippen LogP contribution >= 0.6 is 0 Å². The van der Waals surface area contributed by atoms with E-state index in [2.05, 4.69) is 57.0 Å². The average molecular weight is 1190 g/mol. The Bertz CT molecular complexity index is 2830. The van der Waals surface area contributed by atoms with Gasteiger partial charge in [0.2, 0.25) is 41.3 Å². The van der Waals surface area contributed by atoms with Crippen LogP contribution in [0.25, 0.3) is 27.5 Å². The highest BCUT2D eigenvalue weighted by molar-refractivity contribution is 5.95. The smallest absolute Gasteiger partial charge is 0.303 e. The number of piperazine rings is 1. The number of hydrogen-bond acceptors (Lipinski definition) is 18. The molecule has 464 valence electrons. The number of benzene rings is 2. The van der Waals surface area contributed by atoms with Crippen molar-refractivity contribution in [1.29, 1.82) is 0 Å². The maximum absolute atomic E-state index is 13.7. The lowest BCUT2D eigenvalue weighted by atomic mass is 9.98. The summed E-state index contributed by atoms with van der Waals surface area (Å²) in [4.78, 5) is 133. The Morgan fingerprint density at radius 1 is 0.671 bits per heavy atom. The Morgan fingerprint density at radius 3 is 1.86 bits per heavy atom. The molecule has 31 nitrogen and oxygen atoms in total. The number of aliphatic carboxylic acids is 3. The van der Waals surface area contributed by atoms with Crippen LogP contribution < -0.4 is 31.9 Å².